The molecule has 0 N–H and O–H groups in total. The third kappa shape index (κ3) is 8.30. The summed E-state index contributed by atoms with van der Waals surface area (Å²) in [6.45, 7) is 4.89. The predicted octanol–water partition coefficient (Wildman–Crippen LogP) is -1.17. The second-order valence-electron chi connectivity index (χ2n) is 2.52. The van der Waals surface area contributed by atoms with Crippen molar-refractivity contribution >= 4 is 5.97 Å². The Labute approximate surface area is 85.3 Å². The van der Waals surface area contributed by atoms with Crippen molar-refractivity contribution < 1.29 is 30.7 Å². The molecule has 0 spiro atoms. The van der Waals surface area contributed by atoms with Crippen LogP contribution in [0.15, 0.2) is 0 Å². The van der Waals surface area contributed by atoms with E-state index in [1.165, 1.54) is 10.8 Å². The molecule has 0 fully saturated rings. The maximum atomic E-state index is 11.0. The Bertz CT molecular complexity index is 115. The van der Waals surface area contributed by atoms with Crippen LogP contribution in [0.3, 0.4) is 0 Å². The molecule has 2 nitrogen and oxygen atoms in total. The molecule has 0 heterocycles. The van der Waals surface area contributed by atoms with Crippen LogP contribution in [0.4, 0.5) is 0 Å². The van der Waals surface area contributed by atoms with Gasteiger partial charge < -0.3 is 0 Å². The third-order valence-corrected chi connectivity index (χ3v) is 3.64. The van der Waals surface area contributed by atoms with E-state index in [4.69, 9.17) is 4.74 Å². The Hall–Kier alpha value is 0.200. The molecule has 0 unspecified atom stereocenters. The fraction of sp³-hybridized carbons (Fsp3) is 0.889. The van der Waals surface area contributed by atoms with Crippen molar-refractivity contribution in [3.05, 3.63) is 0 Å². The van der Waals surface area contributed by atoms with E-state index in [0.29, 0.717) is 11.0 Å². The van der Waals surface area contributed by atoms with E-state index in [-0.39, 0.29) is 27.2 Å². The topological polar surface area (TPSA) is 26.3 Å². The zero-order valence-electron chi connectivity index (χ0n) is 7.94. The average molecular weight is 285 g/mol. The molecule has 0 aliphatic heterocycles. The summed E-state index contributed by atoms with van der Waals surface area (Å²) in [4.78, 5) is 11.0. The molecule has 0 aliphatic carbocycles. The fourth-order valence-electron chi connectivity index (χ4n) is 0.748. The summed E-state index contributed by atoms with van der Waals surface area (Å²) in [5.74, 6) is 0.0146. The average Bonchev–Trinajstić information content (AvgIpc) is 2.09. The number of esters is 1. The molecular weight excluding hydrogens is 267 g/mol. The normalized spacial score (nSPS) is 10.2. The van der Waals surface area contributed by atoms with Crippen LogP contribution in [0, 0.1) is 0 Å². The van der Waals surface area contributed by atoms with Gasteiger partial charge in [0.15, 0.2) is 0 Å². The Morgan fingerprint density at radius 1 is 1.33 bits per heavy atom. The van der Waals surface area contributed by atoms with Gasteiger partial charge in [0, 0.05) is 0 Å². The number of alkyl halides is 2. The number of rotatable bonds is 7. The van der Waals surface area contributed by atoms with Crippen molar-refractivity contribution in [1.82, 2.24) is 0 Å². The van der Waals surface area contributed by atoms with Gasteiger partial charge in [-0.05, 0) is 0 Å². The Balaban J connectivity index is 3.08. The van der Waals surface area contributed by atoms with Crippen LogP contribution < -0.4 is 21.2 Å². The third-order valence-electron chi connectivity index (χ3n) is 1.40. The standard InChI is InChI=1S/C9H18IO2/c1-3-5-6-7-12-9(11)8-10-4-2/h3-8H2,1-2H3/q-1. The molecule has 74 valence electrons. The van der Waals surface area contributed by atoms with E-state index in [0.717, 1.165) is 12.8 Å². The maximum absolute atomic E-state index is 11.0. The summed E-state index contributed by atoms with van der Waals surface area (Å²) in [5.41, 5.74) is 0. The summed E-state index contributed by atoms with van der Waals surface area (Å²) in [7, 11) is 0. The van der Waals surface area contributed by atoms with Gasteiger partial charge in [0.25, 0.3) is 0 Å². The number of carbonyl (C=O) groups excluding carboxylic acids is 1. The number of carbonyl (C=O) groups is 1. The molecule has 0 bridgehead atoms. The molecule has 0 radical (unpaired) electrons. The first kappa shape index (κ1) is 12.2. The van der Waals surface area contributed by atoms with Gasteiger partial charge in [-0.25, -0.2) is 0 Å². The van der Waals surface area contributed by atoms with Crippen LogP contribution >= 0.6 is 0 Å². The van der Waals surface area contributed by atoms with E-state index in [9.17, 15) is 4.79 Å². The number of hydrogen-bond acceptors (Lipinski definition) is 2. The zero-order chi connectivity index (χ0) is 9.23. The summed E-state index contributed by atoms with van der Waals surface area (Å²) in [5, 5.41) is 0. The van der Waals surface area contributed by atoms with E-state index in [1.807, 2.05) is 0 Å². The van der Waals surface area contributed by atoms with E-state index >= 15 is 0 Å². The molecular formula is C9H18IO2-. The number of unbranched alkanes of at least 4 members (excludes halogenated alkanes) is 2. The van der Waals surface area contributed by atoms with E-state index in [2.05, 4.69) is 13.8 Å². The second-order valence-corrected chi connectivity index (χ2v) is 5.88. The van der Waals surface area contributed by atoms with Crippen molar-refractivity contribution in [3.63, 3.8) is 0 Å². The van der Waals surface area contributed by atoms with Gasteiger partial charge in [0.2, 0.25) is 0 Å². The van der Waals surface area contributed by atoms with E-state index in [1.54, 1.807) is 0 Å². The first-order valence-electron chi connectivity index (χ1n) is 4.50. The first-order valence-corrected chi connectivity index (χ1v) is 7.55. The predicted molar refractivity (Wildman–Crippen MR) is 45.9 cm³/mol. The molecule has 0 saturated carbocycles. The molecule has 0 saturated heterocycles. The van der Waals surface area contributed by atoms with Crippen LogP contribution in [0.1, 0.15) is 33.1 Å². The molecule has 0 aromatic carbocycles. The van der Waals surface area contributed by atoms with Crippen molar-refractivity contribution in [1.29, 1.82) is 0 Å². The number of ether oxygens (including phenoxy) is 1. The van der Waals surface area contributed by atoms with Crippen LogP contribution in [0.2, 0.25) is 0 Å². The van der Waals surface area contributed by atoms with Crippen molar-refractivity contribution in [2.45, 2.75) is 33.1 Å². The van der Waals surface area contributed by atoms with Gasteiger partial charge >= 0.3 is 85.3 Å². The second kappa shape index (κ2) is 9.29. The molecule has 0 amide bonds. The summed E-state index contributed by atoms with van der Waals surface area (Å²) >= 11 is 0.0871. The number of hydrogen-bond donors (Lipinski definition) is 0. The summed E-state index contributed by atoms with van der Waals surface area (Å²) in [6, 6.07) is 0. The van der Waals surface area contributed by atoms with Gasteiger partial charge in [-0.2, -0.15) is 0 Å². The SMILES string of the molecule is CCCCCOC(=O)C[I-]CC. The van der Waals surface area contributed by atoms with Gasteiger partial charge in [0.05, 0.1) is 0 Å². The Morgan fingerprint density at radius 3 is 2.67 bits per heavy atom. The van der Waals surface area contributed by atoms with E-state index < -0.39 is 0 Å². The van der Waals surface area contributed by atoms with Gasteiger partial charge in [-0.3, -0.25) is 0 Å². The van der Waals surface area contributed by atoms with Gasteiger partial charge in [-0.1, -0.05) is 0 Å². The molecule has 0 aromatic heterocycles. The molecule has 0 rings (SSSR count). The number of halogens is 1. The zero-order valence-corrected chi connectivity index (χ0v) is 10.1. The summed E-state index contributed by atoms with van der Waals surface area (Å²) < 4.78 is 6.90. The quantitative estimate of drug-likeness (QED) is 0.255. The Morgan fingerprint density at radius 2 is 2.08 bits per heavy atom. The van der Waals surface area contributed by atoms with Crippen LogP contribution in [0.5, 0.6) is 0 Å². The monoisotopic (exact) mass is 285 g/mol. The summed E-state index contributed by atoms with van der Waals surface area (Å²) in [6.07, 6.45) is 3.36. The minimum atomic E-state index is 0.0146. The molecule has 12 heavy (non-hydrogen) atoms. The molecule has 0 atom stereocenters. The first-order chi connectivity index (χ1) is 5.81. The van der Waals surface area contributed by atoms with Gasteiger partial charge in [-0.15, -0.1) is 0 Å². The van der Waals surface area contributed by atoms with Crippen LogP contribution in [-0.2, 0) is 9.53 Å². The molecule has 0 aromatic rings. The van der Waals surface area contributed by atoms with Gasteiger partial charge in [0.1, 0.15) is 0 Å². The van der Waals surface area contributed by atoms with Crippen molar-refractivity contribution in [3.8, 4) is 0 Å². The fourth-order valence-corrected chi connectivity index (χ4v) is 1.95. The van der Waals surface area contributed by atoms with Crippen molar-refractivity contribution in [2.24, 2.45) is 0 Å². The van der Waals surface area contributed by atoms with Crippen LogP contribution in [0.25, 0.3) is 0 Å². The molecule has 0 aliphatic rings. The van der Waals surface area contributed by atoms with Crippen LogP contribution in [-0.4, -0.2) is 21.4 Å². The minimum absolute atomic E-state index is 0.0146. The Kier molecular flexibility index (Phi) is 9.44. The van der Waals surface area contributed by atoms with Crippen molar-refractivity contribution in [2.75, 3.05) is 15.5 Å². The molecule has 3 heteroatoms.